The minimum absolute atomic E-state index is 0. The summed E-state index contributed by atoms with van der Waals surface area (Å²) in [4.78, 5) is 0. The fraction of sp³-hybridized carbons (Fsp3) is 1.00. The van der Waals surface area contributed by atoms with Crippen molar-refractivity contribution in [1.29, 1.82) is 0 Å². The van der Waals surface area contributed by atoms with Gasteiger partial charge >= 0.3 is 62.8 Å². The minimum Gasteiger partial charge on any atom is -0.743 e. The van der Waals surface area contributed by atoms with E-state index in [-0.39, 0.29) is 51.4 Å². The van der Waals surface area contributed by atoms with Gasteiger partial charge < -0.3 is 4.55 Å². The summed E-state index contributed by atoms with van der Waals surface area (Å²) in [6, 6.07) is 0. The molecule has 0 amide bonds. The molecule has 3 nitrogen and oxygen atoms in total. The first-order valence-electron chi connectivity index (χ1n) is 3.42. The number of rotatable bonds is 4. The Labute approximate surface area is 130 Å². The van der Waals surface area contributed by atoms with Crippen LogP contribution in [-0.4, -0.2) is 30.6 Å². The fourth-order valence-electron chi connectivity index (χ4n) is 0.615. The minimum atomic E-state index is -6.29. The summed E-state index contributed by atoms with van der Waals surface area (Å²) < 4.78 is 101. The Morgan fingerprint density at radius 1 is 1.12 bits per heavy atom. The summed E-state index contributed by atoms with van der Waals surface area (Å²) in [6.45, 7) is 0. The van der Waals surface area contributed by atoms with Gasteiger partial charge in [0.2, 0.25) is 0 Å². The molecule has 0 saturated heterocycles. The van der Waals surface area contributed by atoms with Crippen LogP contribution in [0.5, 0.6) is 0 Å². The molecule has 0 aromatic carbocycles. The van der Waals surface area contributed by atoms with Crippen molar-refractivity contribution in [2.45, 2.75) is 30.4 Å². The third-order valence-electron chi connectivity index (χ3n) is 1.38. The average Bonchev–Trinajstić information content (AvgIpc) is 1.96. The van der Waals surface area contributed by atoms with Crippen LogP contribution < -0.4 is 51.4 Å². The zero-order valence-electron chi connectivity index (χ0n) is 7.89. The van der Waals surface area contributed by atoms with Crippen molar-refractivity contribution >= 4 is 10.1 Å². The van der Waals surface area contributed by atoms with E-state index in [0.717, 1.165) is 0 Å². The van der Waals surface area contributed by atoms with E-state index in [1.54, 1.807) is 0 Å². The molecular weight excluding hydrogens is 293 g/mol. The Hall–Kier alpha value is 1.13. The number of halogens is 6. The molecule has 0 aliphatic carbocycles. The molecule has 0 spiro atoms. The van der Waals surface area contributed by atoms with Gasteiger partial charge in [-0.2, -0.15) is 22.0 Å². The standard InChI is InChI=1S/C5H6F6O3S.K/c6-3(1-2-4(7,8)9)5(10,11)15(12,13)14;/h3H,1-2H2,(H,12,13,14);/q;+1/p-1. The van der Waals surface area contributed by atoms with Gasteiger partial charge in [0.25, 0.3) is 0 Å². The molecule has 0 rings (SSSR count). The van der Waals surface area contributed by atoms with Crippen LogP contribution in [0, 0.1) is 0 Å². The Morgan fingerprint density at radius 3 is 1.75 bits per heavy atom. The second-order valence-electron chi connectivity index (χ2n) is 2.64. The average molecular weight is 298 g/mol. The van der Waals surface area contributed by atoms with Crippen LogP contribution in [0.4, 0.5) is 26.3 Å². The predicted octanol–water partition coefficient (Wildman–Crippen LogP) is -1.19. The number of hydrogen-bond donors (Lipinski definition) is 0. The molecule has 0 saturated carbocycles. The second-order valence-corrected chi connectivity index (χ2v) is 4.09. The van der Waals surface area contributed by atoms with Crippen molar-refractivity contribution < 1.29 is 90.7 Å². The number of hydrogen-bond acceptors (Lipinski definition) is 3. The van der Waals surface area contributed by atoms with Crippen molar-refractivity contribution in [3.63, 3.8) is 0 Å². The molecule has 0 heterocycles. The molecule has 0 aliphatic rings. The van der Waals surface area contributed by atoms with Crippen molar-refractivity contribution in [3.8, 4) is 0 Å². The van der Waals surface area contributed by atoms with E-state index in [9.17, 15) is 39.3 Å². The molecule has 0 bridgehead atoms. The van der Waals surface area contributed by atoms with Gasteiger partial charge in [0.1, 0.15) is 0 Å². The van der Waals surface area contributed by atoms with Crippen LogP contribution in [0.2, 0.25) is 0 Å². The normalized spacial score (nSPS) is 15.4. The molecule has 16 heavy (non-hydrogen) atoms. The van der Waals surface area contributed by atoms with E-state index < -0.39 is 40.6 Å². The van der Waals surface area contributed by atoms with Gasteiger partial charge in [-0.15, -0.1) is 0 Å². The van der Waals surface area contributed by atoms with E-state index >= 15 is 0 Å². The zero-order valence-corrected chi connectivity index (χ0v) is 11.8. The third kappa shape index (κ3) is 6.17. The Morgan fingerprint density at radius 2 is 1.50 bits per heavy atom. The monoisotopic (exact) mass is 298 g/mol. The summed E-state index contributed by atoms with van der Waals surface area (Å²) in [7, 11) is -6.29. The smallest absolute Gasteiger partial charge is 0.743 e. The predicted molar refractivity (Wildman–Crippen MR) is 34.8 cm³/mol. The Kier molecular flexibility index (Phi) is 7.71. The molecule has 1 unspecified atom stereocenters. The molecular formula is C5H5F6KO3S. The van der Waals surface area contributed by atoms with Gasteiger partial charge in [-0.25, -0.2) is 12.8 Å². The summed E-state index contributed by atoms with van der Waals surface area (Å²) >= 11 is 0. The molecule has 92 valence electrons. The van der Waals surface area contributed by atoms with Crippen LogP contribution in [0.15, 0.2) is 0 Å². The van der Waals surface area contributed by atoms with E-state index in [2.05, 4.69) is 0 Å². The van der Waals surface area contributed by atoms with E-state index in [1.165, 1.54) is 0 Å². The van der Waals surface area contributed by atoms with Crippen molar-refractivity contribution in [3.05, 3.63) is 0 Å². The Bertz CT molecular complexity index is 313. The van der Waals surface area contributed by atoms with E-state index in [1.807, 2.05) is 0 Å². The molecule has 0 N–H and O–H groups in total. The zero-order chi connectivity index (χ0) is 12.5. The topological polar surface area (TPSA) is 57.2 Å². The quantitative estimate of drug-likeness (QED) is 0.372. The maximum atomic E-state index is 12.4. The first-order chi connectivity index (χ1) is 6.38. The van der Waals surface area contributed by atoms with Crippen LogP contribution in [0.25, 0.3) is 0 Å². The summed E-state index contributed by atoms with van der Waals surface area (Å²) in [6.07, 6.45) is -12.3. The summed E-state index contributed by atoms with van der Waals surface area (Å²) in [5.74, 6) is 0. The van der Waals surface area contributed by atoms with Crippen LogP contribution in [-0.2, 0) is 10.1 Å². The van der Waals surface area contributed by atoms with Crippen LogP contribution in [0.1, 0.15) is 12.8 Å². The van der Waals surface area contributed by atoms with Crippen LogP contribution in [0.3, 0.4) is 0 Å². The first-order valence-corrected chi connectivity index (χ1v) is 4.83. The maximum Gasteiger partial charge on any atom is 1.00 e. The molecule has 0 aliphatic heterocycles. The molecule has 0 aromatic heterocycles. The molecule has 0 aromatic rings. The molecule has 11 heteroatoms. The first kappa shape index (κ1) is 19.5. The number of alkyl halides is 6. The van der Waals surface area contributed by atoms with Gasteiger partial charge in [0, 0.05) is 6.42 Å². The molecule has 0 fully saturated rings. The van der Waals surface area contributed by atoms with Gasteiger partial charge in [-0.3, -0.25) is 0 Å². The Balaban J connectivity index is 0. The second kappa shape index (κ2) is 6.34. The van der Waals surface area contributed by atoms with Crippen molar-refractivity contribution in [2.75, 3.05) is 0 Å². The summed E-state index contributed by atoms with van der Waals surface area (Å²) in [5.41, 5.74) is 0. The largest absolute Gasteiger partial charge is 1.00 e. The van der Waals surface area contributed by atoms with Gasteiger partial charge in [0.05, 0.1) is 0 Å². The van der Waals surface area contributed by atoms with Gasteiger partial charge in [0.15, 0.2) is 16.3 Å². The third-order valence-corrected chi connectivity index (χ3v) is 2.30. The fourth-order valence-corrected chi connectivity index (χ4v) is 1.05. The van der Waals surface area contributed by atoms with E-state index in [0.29, 0.717) is 0 Å². The summed E-state index contributed by atoms with van der Waals surface area (Å²) in [5, 5.41) is -5.34. The van der Waals surface area contributed by atoms with Crippen molar-refractivity contribution in [2.24, 2.45) is 0 Å². The van der Waals surface area contributed by atoms with Crippen molar-refractivity contribution in [1.82, 2.24) is 0 Å². The molecule has 0 radical (unpaired) electrons. The van der Waals surface area contributed by atoms with Crippen LogP contribution >= 0.6 is 0 Å². The maximum absolute atomic E-state index is 12.4. The van der Waals surface area contributed by atoms with E-state index in [4.69, 9.17) is 0 Å². The molecule has 1 atom stereocenters. The van der Waals surface area contributed by atoms with Gasteiger partial charge in [-0.05, 0) is 6.42 Å². The van der Waals surface area contributed by atoms with Gasteiger partial charge in [-0.1, -0.05) is 0 Å². The SMILES string of the molecule is O=S(=O)([O-])C(F)(F)C(F)CCC(F)(F)F.[K+].